The highest BCUT2D eigenvalue weighted by Crippen LogP contribution is 2.38. The zero-order valence-electron chi connectivity index (χ0n) is 30.5. The minimum absolute atomic E-state index is 0.00585. The van der Waals surface area contributed by atoms with Crippen LogP contribution in [0.5, 0.6) is 0 Å². The lowest BCUT2D eigenvalue weighted by molar-refractivity contribution is -0.870. The summed E-state index contributed by atoms with van der Waals surface area (Å²) in [5, 5.41) is 13.5. The van der Waals surface area contributed by atoms with Gasteiger partial charge in [0.25, 0.3) is 7.82 Å². The van der Waals surface area contributed by atoms with Crippen molar-refractivity contribution in [3.8, 4) is 0 Å². The van der Waals surface area contributed by atoms with E-state index >= 15 is 0 Å². The number of unbranched alkanes of at least 4 members (excludes halogenated alkanes) is 18. The van der Waals surface area contributed by atoms with Crippen LogP contribution in [0.25, 0.3) is 0 Å². The Balaban J connectivity index is 4.30. The molecule has 1 amide bonds. The highest BCUT2D eigenvalue weighted by atomic mass is 31.2. The second-order valence-corrected chi connectivity index (χ2v) is 15.3. The molecule has 3 unspecified atom stereocenters. The number of aliphatic hydroxyl groups is 1. The zero-order valence-corrected chi connectivity index (χ0v) is 31.4. The Kier molecular flexibility index (Phi) is 29.4. The minimum atomic E-state index is -4.57. The molecular weight excluding hydrogens is 599 g/mol. The number of nitrogens with zero attached hydrogens (tertiary/aromatic N) is 1. The quantitative estimate of drug-likeness (QED) is 0.0312. The number of phosphoric ester groups is 1. The van der Waals surface area contributed by atoms with Gasteiger partial charge in [-0.25, -0.2) is 0 Å². The first-order chi connectivity index (χ1) is 22.0. The molecule has 0 heterocycles. The van der Waals surface area contributed by atoms with Crippen LogP contribution in [0.4, 0.5) is 0 Å². The van der Waals surface area contributed by atoms with Crippen LogP contribution in [-0.4, -0.2) is 68.5 Å². The molecule has 9 heteroatoms. The minimum Gasteiger partial charge on any atom is -0.756 e. The average molecular weight is 673 g/mol. The molecule has 0 radical (unpaired) electrons. The van der Waals surface area contributed by atoms with Crippen LogP contribution >= 0.6 is 7.82 Å². The van der Waals surface area contributed by atoms with Crippen molar-refractivity contribution in [2.45, 2.75) is 167 Å². The van der Waals surface area contributed by atoms with Crippen LogP contribution in [0.2, 0.25) is 0 Å². The van der Waals surface area contributed by atoms with Gasteiger partial charge in [0.1, 0.15) is 13.2 Å². The molecule has 0 bridgehead atoms. The number of likely N-dealkylation sites (N-methyl/N-ethyl adjacent to an activating group) is 1. The van der Waals surface area contributed by atoms with E-state index in [1.54, 1.807) is 6.08 Å². The van der Waals surface area contributed by atoms with E-state index in [0.717, 1.165) is 44.9 Å². The molecular formula is C37H73N2O6P. The van der Waals surface area contributed by atoms with Crippen LogP contribution < -0.4 is 10.2 Å². The van der Waals surface area contributed by atoms with Gasteiger partial charge < -0.3 is 28.8 Å². The first-order valence-corrected chi connectivity index (χ1v) is 20.2. The van der Waals surface area contributed by atoms with Crippen molar-refractivity contribution in [1.82, 2.24) is 5.32 Å². The Morgan fingerprint density at radius 2 is 1.22 bits per heavy atom. The summed E-state index contributed by atoms with van der Waals surface area (Å²) >= 11 is 0. The Labute approximate surface area is 284 Å². The molecule has 0 saturated carbocycles. The lowest BCUT2D eigenvalue weighted by Gasteiger charge is -2.29. The highest BCUT2D eigenvalue weighted by molar-refractivity contribution is 7.45. The van der Waals surface area contributed by atoms with Gasteiger partial charge in [0.2, 0.25) is 5.91 Å². The summed E-state index contributed by atoms with van der Waals surface area (Å²) in [5.74, 6) is -0.227. The molecule has 0 aromatic heterocycles. The number of hydrogen-bond donors (Lipinski definition) is 2. The molecule has 0 aliphatic rings. The molecule has 0 aromatic rings. The number of quaternary nitrogens is 1. The van der Waals surface area contributed by atoms with Crippen LogP contribution in [0, 0.1) is 0 Å². The van der Waals surface area contributed by atoms with Gasteiger partial charge in [0, 0.05) is 6.42 Å². The monoisotopic (exact) mass is 673 g/mol. The molecule has 0 aliphatic heterocycles. The van der Waals surface area contributed by atoms with E-state index in [0.29, 0.717) is 17.4 Å². The van der Waals surface area contributed by atoms with Gasteiger partial charge in [0.05, 0.1) is 39.9 Å². The molecule has 0 spiro atoms. The standard InChI is InChI=1S/C37H73N2O6P/c1-6-8-10-12-13-14-15-16-17-18-19-20-21-22-23-24-25-26-27-28-30-36(40)35(38-37(41)31-29-11-9-7-2)34-45-46(42,43)44-33-32-39(3,4)5/h24-25,28,30,35-36,40H,6-23,26-27,29,31-34H2,1-5H3,(H-,38,41,42,43)/b25-24+,30-28+. The summed E-state index contributed by atoms with van der Waals surface area (Å²) in [7, 11) is 1.24. The summed E-state index contributed by atoms with van der Waals surface area (Å²) < 4.78 is 22.9. The van der Waals surface area contributed by atoms with E-state index < -0.39 is 26.6 Å². The van der Waals surface area contributed by atoms with E-state index in [1.165, 1.54) is 89.9 Å². The van der Waals surface area contributed by atoms with Crippen LogP contribution in [0.1, 0.15) is 155 Å². The van der Waals surface area contributed by atoms with Gasteiger partial charge in [-0.3, -0.25) is 9.36 Å². The van der Waals surface area contributed by atoms with Crippen molar-refractivity contribution in [1.29, 1.82) is 0 Å². The Morgan fingerprint density at radius 3 is 1.76 bits per heavy atom. The molecule has 3 atom stereocenters. The number of allylic oxidation sites excluding steroid dienone is 3. The third kappa shape index (κ3) is 31.6. The van der Waals surface area contributed by atoms with Crippen molar-refractivity contribution < 1.29 is 32.9 Å². The molecule has 0 rings (SSSR count). The van der Waals surface area contributed by atoms with Crippen LogP contribution in [-0.2, 0) is 18.4 Å². The Bertz CT molecular complexity index is 814. The number of rotatable bonds is 33. The van der Waals surface area contributed by atoms with Crippen molar-refractivity contribution in [2.24, 2.45) is 0 Å². The number of nitrogens with one attached hydrogen (secondary N) is 1. The topological polar surface area (TPSA) is 108 Å². The maximum atomic E-state index is 12.5. The first-order valence-electron chi connectivity index (χ1n) is 18.7. The van der Waals surface area contributed by atoms with Crippen molar-refractivity contribution in [3.05, 3.63) is 24.3 Å². The van der Waals surface area contributed by atoms with Gasteiger partial charge in [0.15, 0.2) is 0 Å². The lowest BCUT2D eigenvalue weighted by Crippen LogP contribution is -2.45. The number of carbonyl (C=O) groups excluding carboxylic acids is 1. The maximum Gasteiger partial charge on any atom is 0.268 e. The molecule has 272 valence electrons. The average Bonchev–Trinajstić information content (AvgIpc) is 2.99. The van der Waals surface area contributed by atoms with E-state index in [2.05, 4.69) is 31.3 Å². The SMILES string of the molecule is CCCCCCCCCCCCCCCC/C=C/CC/C=C/C(O)C(COP(=O)([O-])OCC[N+](C)(C)C)NC(=O)CCCCCC. The summed E-state index contributed by atoms with van der Waals surface area (Å²) in [4.78, 5) is 24.8. The van der Waals surface area contributed by atoms with Crippen LogP contribution in [0.3, 0.4) is 0 Å². The molecule has 0 aromatic carbocycles. The number of carbonyl (C=O) groups is 1. The Hall–Kier alpha value is -1.02. The lowest BCUT2D eigenvalue weighted by atomic mass is 10.0. The van der Waals surface area contributed by atoms with Gasteiger partial charge in [-0.1, -0.05) is 141 Å². The molecule has 46 heavy (non-hydrogen) atoms. The smallest absolute Gasteiger partial charge is 0.268 e. The first kappa shape index (κ1) is 45.0. The fourth-order valence-corrected chi connectivity index (χ4v) is 5.83. The largest absolute Gasteiger partial charge is 0.756 e. The highest BCUT2D eigenvalue weighted by Gasteiger charge is 2.23. The predicted octanol–water partition coefficient (Wildman–Crippen LogP) is 8.77. The second kappa shape index (κ2) is 30.1. The molecule has 0 saturated heterocycles. The van der Waals surface area contributed by atoms with Crippen molar-refractivity contribution in [2.75, 3.05) is 40.9 Å². The number of hydrogen-bond acceptors (Lipinski definition) is 6. The Morgan fingerprint density at radius 1 is 0.739 bits per heavy atom. The molecule has 8 nitrogen and oxygen atoms in total. The third-order valence-electron chi connectivity index (χ3n) is 8.16. The van der Waals surface area contributed by atoms with Gasteiger partial charge in [-0.05, 0) is 32.1 Å². The predicted molar refractivity (Wildman–Crippen MR) is 192 cm³/mol. The summed E-state index contributed by atoms with van der Waals surface area (Å²) in [5.41, 5.74) is 0. The van der Waals surface area contributed by atoms with Crippen molar-refractivity contribution >= 4 is 13.7 Å². The number of aliphatic hydroxyl groups excluding tert-OH is 1. The second-order valence-electron chi connectivity index (χ2n) is 13.9. The fraction of sp³-hybridized carbons (Fsp3) is 0.865. The number of amides is 1. The van der Waals surface area contributed by atoms with E-state index in [4.69, 9.17) is 9.05 Å². The fourth-order valence-electron chi connectivity index (χ4n) is 5.11. The molecule has 0 aliphatic carbocycles. The summed E-state index contributed by atoms with van der Waals surface area (Å²) in [6, 6.07) is -0.893. The van der Waals surface area contributed by atoms with Gasteiger partial charge in [-0.2, -0.15) is 0 Å². The summed E-state index contributed by atoms with van der Waals surface area (Å²) in [6.07, 6.45) is 32.9. The van der Waals surface area contributed by atoms with Gasteiger partial charge >= 0.3 is 0 Å². The van der Waals surface area contributed by atoms with Crippen LogP contribution in [0.15, 0.2) is 24.3 Å². The summed E-state index contributed by atoms with van der Waals surface area (Å²) in [6.45, 7) is 4.48. The molecule has 0 fully saturated rings. The maximum absolute atomic E-state index is 12.5. The van der Waals surface area contributed by atoms with Gasteiger partial charge in [-0.15, -0.1) is 0 Å². The van der Waals surface area contributed by atoms with E-state index in [1.807, 2.05) is 27.2 Å². The molecule has 2 N–H and O–H groups in total. The number of phosphoric acid groups is 1. The van der Waals surface area contributed by atoms with Crippen molar-refractivity contribution in [3.63, 3.8) is 0 Å². The van der Waals surface area contributed by atoms with E-state index in [9.17, 15) is 19.4 Å². The third-order valence-corrected chi connectivity index (χ3v) is 9.13. The van der Waals surface area contributed by atoms with E-state index in [-0.39, 0.29) is 12.5 Å². The zero-order chi connectivity index (χ0) is 34.4. The normalized spacial score (nSPS) is 15.0.